The monoisotopic (exact) mass is 507 g/mol. The van der Waals surface area contributed by atoms with Crippen LogP contribution >= 0.6 is 11.3 Å². The molecule has 5 rings (SSSR count). The largest absolute Gasteiger partial charge is 0.376 e. The van der Waals surface area contributed by atoms with Gasteiger partial charge in [-0.05, 0) is 68.3 Å². The van der Waals surface area contributed by atoms with Gasteiger partial charge in [-0.1, -0.05) is 41.2 Å². The first-order valence-corrected chi connectivity index (χ1v) is 13.7. The number of hydrogen-bond donors (Lipinski definition) is 1. The van der Waals surface area contributed by atoms with E-state index in [9.17, 15) is 13.2 Å². The van der Waals surface area contributed by atoms with Gasteiger partial charge in [-0.2, -0.15) is 0 Å². The van der Waals surface area contributed by atoms with Gasteiger partial charge in [0.25, 0.3) is 15.9 Å². The zero-order valence-electron chi connectivity index (χ0n) is 19.2. The van der Waals surface area contributed by atoms with E-state index in [1.165, 1.54) is 11.3 Å². The number of aryl methyl sites for hydroxylation is 1. The molecule has 1 saturated heterocycles. The molecule has 1 aliphatic heterocycles. The van der Waals surface area contributed by atoms with E-state index in [4.69, 9.17) is 4.74 Å². The van der Waals surface area contributed by atoms with Crippen molar-refractivity contribution < 1.29 is 17.9 Å². The Kier molecular flexibility index (Phi) is 6.55. The molecule has 1 fully saturated rings. The summed E-state index contributed by atoms with van der Waals surface area (Å²) in [4.78, 5) is 20.1. The van der Waals surface area contributed by atoms with E-state index in [1.807, 2.05) is 31.2 Å². The summed E-state index contributed by atoms with van der Waals surface area (Å²) in [5.41, 5.74) is 2.65. The van der Waals surface area contributed by atoms with Crippen molar-refractivity contribution in [3.63, 3.8) is 0 Å². The number of fused-ring (bicyclic) bond motifs is 1. The molecule has 1 atom stereocenters. The smallest absolute Gasteiger partial charge is 0.261 e. The number of ether oxygens (including phenoxy) is 1. The number of para-hydroxylation sites is 1. The first-order valence-electron chi connectivity index (χ1n) is 11.4. The Balaban J connectivity index is 1.38. The first kappa shape index (κ1) is 23.5. The second-order valence-corrected chi connectivity index (χ2v) is 11.2. The molecule has 0 saturated carbocycles. The zero-order chi connectivity index (χ0) is 24.4. The van der Waals surface area contributed by atoms with Crippen LogP contribution in [0.2, 0.25) is 0 Å². The lowest BCUT2D eigenvalue weighted by molar-refractivity contribution is 0.0917. The molecule has 1 N–H and O–H groups in total. The van der Waals surface area contributed by atoms with Crippen LogP contribution in [-0.4, -0.2) is 38.6 Å². The Morgan fingerprint density at radius 2 is 1.83 bits per heavy atom. The third-order valence-electron chi connectivity index (χ3n) is 5.88. The van der Waals surface area contributed by atoms with E-state index in [0.717, 1.165) is 28.6 Å². The van der Waals surface area contributed by atoms with Crippen molar-refractivity contribution in [3.05, 3.63) is 83.9 Å². The van der Waals surface area contributed by atoms with Crippen molar-refractivity contribution >= 4 is 48.3 Å². The average Bonchev–Trinajstić information content (AvgIpc) is 3.52. The van der Waals surface area contributed by atoms with Gasteiger partial charge in [-0.3, -0.25) is 14.4 Å². The maximum Gasteiger partial charge on any atom is 0.261 e. The molecule has 7 nitrogen and oxygen atoms in total. The van der Waals surface area contributed by atoms with Crippen molar-refractivity contribution in [2.75, 3.05) is 22.8 Å². The number of hydrogen-bond acceptors (Lipinski definition) is 6. The van der Waals surface area contributed by atoms with Crippen LogP contribution < -0.4 is 9.62 Å². The highest BCUT2D eigenvalue weighted by Crippen LogP contribution is 2.31. The molecule has 0 bridgehead atoms. The van der Waals surface area contributed by atoms with Gasteiger partial charge < -0.3 is 4.74 Å². The van der Waals surface area contributed by atoms with E-state index in [2.05, 4.69) is 9.71 Å². The highest BCUT2D eigenvalue weighted by molar-refractivity contribution is 7.92. The molecule has 0 aliphatic carbocycles. The first-order chi connectivity index (χ1) is 16.9. The highest BCUT2D eigenvalue weighted by atomic mass is 32.2. The van der Waals surface area contributed by atoms with Gasteiger partial charge in [0, 0.05) is 17.9 Å². The number of nitrogens with one attached hydrogen (secondary N) is 1. The van der Waals surface area contributed by atoms with Crippen LogP contribution in [0.3, 0.4) is 0 Å². The number of nitrogens with zero attached hydrogens (tertiary/aromatic N) is 2. The summed E-state index contributed by atoms with van der Waals surface area (Å²) in [5, 5.41) is 0.621. The van der Waals surface area contributed by atoms with Crippen LogP contribution in [0, 0.1) is 6.92 Å². The molecular formula is C26H25N3O4S2. The minimum Gasteiger partial charge on any atom is -0.376 e. The Morgan fingerprint density at radius 1 is 1.09 bits per heavy atom. The van der Waals surface area contributed by atoms with Crippen molar-refractivity contribution in [1.29, 1.82) is 0 Å². The molecule has 3 aromatic carbocycles. The average molecular weight is 508 g/mol. The van der Waals surface area contributed by atoms with Crippen molar-refractivity contribution in [3.8, 4) is 0 Å². The van der Waals surface area contributed by atoms with Gasteiger partial charge in [0.15, 0.2) is 5.13 Å². The molecule has 0 spiro atoms. The van der Waals surface area contributed by atoms with Gasteiger partial charge >= 0.3 is 0 Å². The lowest BCUT2D eigenvalue weighted by atomic mass is 10.1. The van der Waals surface area contributed by atoms with Crippen LogP contribution in [0.4, 0.5) is 10.8 Å². The maximum atomic E-state index is 13.6. The van der Waals surface area contributed by atoms with E-state index >= 15 is 0 Å². The van der Waals surface area contributed by atoms with Crippen LogP contribution in [0.15, 0.2) is 77.7 Å². The summed E-state index contributed by atoms with van der Waals surface area (Å²) in [6.07, 6.45) is 1.84. The quantitative estimate of drug-likeness (QED) is 0.370. The van der Waals surface area contributed by atoms with Crippen LogP contribution in [0.25, 0.3) is 10.2 Å². The standard InChI is InChI=1S/C26H25N3O4S2/c1-18-8-14-22(15-9-18)35(31,32)28-20-12-10-19(11-13-20)25(30)29(17-21-5-4-16-33-21)26-27-23-6-2-3-7-24(23)34-26/h2-3,6-15,21,28H,4-5,16-17H2,1H3. The van der Waals surface area contributed by atoms with Gasteiger partial charge in [-0.25, -0.2) is 13.4 Å². The summed E-state index contributed by atoms with van der Waals surface area (Å²) < 4.78 is 34.8. The van der Waals surface area contributed by atoms with Gasteiger partial charge in [-0.15, -0.1) is 0 Å². The van der Waals surface area contributed by atoms with Crippen LogP contribution in [0.5, 0.6) is 0 Å². The Morgan fingerprint density at radius 3 is 2.51 bits per heavy atom. The Bertz CT molecular complexity index is 1410. The predicted molar refractivity (Wildman–Crippen MR) is 139 cm³/mol. The molecule has 0 radical (unpaired) electrons. The molecule has 1 aromatic heterocycles. The Labute approximate surface area is 208 Å². The number of amides is 1. The van der Waals surface area contributed by atoms with Gasteiger partial charge in [0.05, 0.1) is 27.8 Å². The lowest BCUT2D eigenvalue weighted by Crippen LogP contribution is -2.37. The molecule has 180 valence electrons. The van der Waals surface area contributed by atoms with Crippen LogP contribution in [0.1, 0.15) is 28.8 Å². The third kappa shape index (κ3) is 5.22. The molecule has 9 heteroatoms. The number of carbonyl (C=O) groups is 1. The third-order valence-corrected chi connectivity index (χ3v) is 8.34. The molecule has 2 heterocycles. The minimum absolute atomic E-state index is 0.0356. The fourth-order valence-electron chi connectivity index (χ4n) is 3.98. The van der Waals surface area contributed by atoms with Gasteiger partial charge in [0.2, 0.25) is 0 Å². The molecule has 1 amide bonds. The number of aromatic nitrogens is 1. The second kappa shape index (κ2) is 9.77. The predicted octanol–water partition coefficient (Wildman–Crippen LogP) is 5.23. The van der Waals surface area contributed by atoms with Crippen LogP contribution in [-0.2, 0) is 14.8 Å². The van der Waals surface area contributed by atoms with E-state index < -0.39 is 10.0 Å². The van der Waals surface area contributed by atoms with Crippen molar-refractivity contribution in [2.45, 2.75) is 30.8 Å². The normalized spacial score (nSPS) is 15.9. The zero-order valence-corrected chi connectivity index (χ0v) is 20.8. The number of rotatable bonds is 7. The van der Waals surface area contributed by atoms with Crippen molar-refractivity contribution in [1.82, 2.24) is 4.98 Å². The van der Waals surface area contributed by atoms with E-state index in [1.54, 1.807) is 53.4 Å². The van der Waals surface area contributed by atoms with E-state index in [0.29, 0.717) is 29.5 Å². The highest BCUT2D eigenvalue weighted by Gasteiger charge is 2.27. The number of carbonyl (C=O) groups excluding carboxylic acids is 1. The van der Waals surface area contributed by atoms with E-state index in [-0.39, 0.29) is 16.9 Å². The number of sulfonamides is 1. The second-order valence-electron chi connectivity index (χ2n) is 8.51. The minimum atomic E-state index is -3.72. The fraction of sp³-hybridized carbons (Fsp3) is 0.231. The molecular weight excluding hydrogens is 482 g/mol. The number of benzene rings is 3. The summed E-state index contributed by atoms with van der Waals surface area (Å²) in [7, 11) is -3.72. The summed E-state index contributed by atoms with van der Waals surface area (Å²) in [5.74, 6) is -0.201. The topological polar surface area (TPSA) is 88.6 Å². The van der Waals surface area contributed by atoms with Gasteiger partial charge in [0.1, 0.15) is 0 Å². The number of thiazole rings is 1. The number of anilines is 2. The summed E-state index contributed by atoms with van der Waals surface area (Å²) in [6, 6.07) is 20.9. The Hall–Kier alpha value is -3.27. The molecule has 1 aliphatic rings. The molecule has 35 heavy (non-hydrogen) atoms. The lowest BCUT2D eigenvalue weighted by Gasteiger charge is -2.23. The molecule has 4 aromatic rings. The summed E-state index contributed by atoms with van der Waals surface area (Å²) in [6.45, 7) is 3.01. The SMILES string of the molecule is Cc1ccc(S(=O)(=O)Nc2ccc(C(=O)N(CC3CCCO3)c3nc4ccccc4s3)cc2)cc1. The summed E-state index contributed by atoms with van der Waals surface area (Å²) >= 11 is 1.47. The fourth-order valence-corrected chi connectivity index (χ4v) is 6.02. The molecule has 1 unspecified atom stereocenters. The van der Waals surface area contributed by atoms with Crippen molar-refractivity contribution in [2.24, 2.45) is 0 Å². The maximum absolute atomic E-state index is 13.6.